The van der Waals surface area contributed by atoms with Crippen LogP contribution in [0.2, 0.25) is 0 Å². The molecule has 2 aromatic heterocycles. The standard InChI is InChI=1S/C51H32OS/c1-31-29-53-30-45(31)50-41-22-11-9-20-39(41)49(40-21-10-12-23-42(40)50)44-25-13-24-43-34-27-26-33(28-46(34)52-51(43)44)48-37-18-7-5-16-35(37)47(32-14-3-2-4-15-32)36-17-6-8-19-38(36)48/h2-30H,1H3. The number of furan rings is 1. The van der Waals surface area contributed by atoms with Gasteiger partial charge in [-0.15, -0.1) is 0 Å². The molecule has 248 valence electrons. The number of aryl methyl sites for hydroxylation is 1. The lowest BCUT2D eigenvalue weighted by atomic mass is 9.85. The van der Waals surface area contributed by atoms with Gasteiger partial charge in [-0.1, -0.05) is 152 Å². The lowest BCUT2D eigenvalue weighted by molar-refractivity contribution is 0.670. The van der Waals surface area contributed by atoms with E-state index in [1.54, 1.807) is 11.3 Å². The molecule has 0 aliphatic rings. The van der Waals surface area contributed by atoms with E-state index >= 15 is 0 Å². The topological polar surface area (TPSA) is 13.1 Å². The van der Waals surface area contributed by atoms with Gasteiger partial charge in [0.15, 0.2) is 0 Å². The number of para-hydroxylation sites is 1. The van der Waals surface area contributed by atoms with Crippen LogP contribution in [0.4, 0.5) is 0 Å². The first-order valence-corrected chi connectivity index (χ1v) is 19.1. The Kier molecular flexibility index (Phi) is 6.71. The molecule has 0 saturated heterocycles. The number of hydrogen-bond donors (Lipinski definition) is 0. The van der Waals surface area contributed by atoms with Crippen LogP contribution in [0.5, 0.6) is 0 Å². The monoisotopic (exact) mass is 692 g/mol. The van der Waals surface area contributed by atoms with Crippen LogP contribution in [-0.2, 0) is 0 Å². The minimum Gasteiger partial charge on any atom is -0.455 e. The van der Waals surface area contributed by atoms with Crippen LogP contribution >= 0.6 is 11.3 Å². The molecule has 11 rings (SSSR count). The van der Waals surface area contributed by atoms with Gasteiger partial charge in [0.25, 0.3) is 0 Å². The summed E-state index contributed by atoms with van der Waals surface area (Å²) in [6, 6.07) is 59.6. The molecule has 0 fully saturated rings. The predicted octanol–water partition coefficient (Wildman–Crippen LogP) is 15.2. The van der Waals surface area contributed by atoms with Gasteiger partial charge in [0.2, 0.25) is 0 Å². The van der Waals surface area contributed by atoms with Gasteiger partial charge in [-0.2, -0.15) is 11.3 Å². The summed E-state index contributed by atoms with van der Waals surface area (Å²) in [4.78, 5) is 0. The summed E-state index contributed by atoms with van der Waals surface area (Å²) in [6.45, 7) is 2.22. The fourth-order valence-corrected chi connectivity index (χ4v) is 9.67. The second-order valence-electron chi connectivity index (χ2n) is 14.0. The van der Waals surface area contributed by atoms with Crippen molar-refractivity contribution in [3.05, 3.63) is 180 Å². The normalized spacial score (nSPS) is 11.9. The van der Waals surface area contributed by atoms with Crippen molar-refractivity contribution < 1.29 is 4.42 Å². The average Bonchev–Trinajstić information content (AvgIpc) is 3.81. The molecule has 0 atom stereocenters. The maximum absolute atomic E-state index is 7.04. The van der Waals surface area contributed by atoms with Crippen LogP contribution in [-0.4, -0.2) is 0 Å². The Morgan fingerprint density at radius 1 is 0.358 bits per heavy atom. The van der Waals surface area contributed by atoms with Gasteiger partial charge in [0.1, 0.15) is 11.2 Å². The van der Waals surface area contributed by atoms with E-state index in [9.17, 15) is 0 Å². The van der Waals surface area contributed by atoms with Crippen molar-refractivity contribution in [1.29, 1.82) is 0 Å². The minimum atomic E-state index is 0.893. The fourth-order valence-electron chi connectivity index (χ4n) is 8.83. The van der Waals surface area contributed by atoms with E-state index in [-0.39, 0.29) is 0 Å². The smallest absolute Gasteiger partial charge is 0.143 e. The molecular weight excluding hydrogens is 661 g/mol. The molecule has 0 spiro atoms. The van der Waals surface area contributed by atoms with E-state index in [2.05, 4.69) is 181 Å². The molecule has 0 N–H and O–H groups in total. The van der Waals surface area contributed by atoms with E-state index in [1.807, 2.05) is 0 Å². The van der Waals surface area contributed by atoms with Gasteiger partial charge in [-0.3, -0.25) is 0 Å². The predicted molar refractivity (Wildman–Crippen MR) is 228 cm³/mol. The maximum atomic E-state index is 7.04. The summed E-state index contributed by atoms with van der Waals surface area (Å²) >= 11 is 1.77. The third-order valence-electron chi connectivity index (χ3n) is 11.1. The SMILES string of the molecule is Cc1cscc1-c1c2ccccc2c(-c2cccc3c2oc2cc(-c4c5ccccc5c(-c5ccccc5)c5ccccc45)ccc23)c2ccccc12. The average molecular weight is 693 g/mol. The van der Waals surface area contributed by atoms with Crippen molar-refractivity contribution in [3.63, 3.8) is 0 Å². The zero-order valence-electron chi connectivity index (χ0n) is 29.1. The zero-order chi connectivity index (χ0) is 35.0. The molecule has 53 heavy (non-hydrogen) atoms. The van der Waals surface area contributed by atoms with Crippen LogP contribution < -0.4 is 0 Å². The van der Waals surface area contributed by atoms with Crippen molar-refractivity contribution >= 4 is 76.4 Å². The van der Waals surface area contributed by atoms with Gasteiger partial charge in [0.05, 0.1) is 0 Å². The molecule has 0 saturated carbocycles. The Labute approximate surface area is 311 Å². The summed E-state index contributed by atoms with van der Waals surface area (Å²) in [5.41, 5.74) is 12.9. The highest BCUT2D eigenvalue weighted by Crippen LogP contribution is 2.49. The molecular formula is C51H32OS. The van der Waals surface area contributed by atoms with Gasteiger partial charge in [0, 0.05) is 21.9 Å². The molecule has 2 heteroatoms. The summed E-state index contributed by atoms with van der Waals surface area (Å²) < 4.78 is 7.04. The van der Waals surface area contributed by atoms with E-state index < -0.39 is 0 Å². The molecule has 0 radical (unpaired) electrons. The Bertz CT molecular complexity index is 3120. The first-order chi connectivity index (χ1) is 26.2. The molecule has 0 aliphatic carbocycles. The van der Waals surface area contributed by atoms with E-state index in [4.69, 9.17) is 4.42 Å². The number of thiophene rings is 1. The Morgan fingerprint density at radius 3 is 1.36 bits per heavy atom. The Balaban J connectivity index is 1.18. The second kappa shape index (κ2) is 11.8. The van der Waals surface area contributed by atoms with Crippen molar-refractivity contribution in [2.24, 2.45) is 0 Å². The van der Waals surface area contributed by atoms with Crippen molar-refractivity contribution in [1.82, 2.24) is 0 Å². The molecule has 9 aromatic carbocycles. The Morgan fingerprint density at radius 2 is 0.830 bits per heavy atom. The van der Waals surface area contributed by atoms with Crippen molar-refractivity contribution in [2.45, 2.75) is 6.92 Å². The zero-order valence-corrected chi connectivity index (χ0v) is 29.9. The molecule has 11 aromatic rings. The number of fused-ring (bicyclic) bond motifs is 7. The maximum Gasteiger partial charge on any atom is 0.143 e. The van der Waals surface area contributed by atoms with Crippen molar-refractivity contribution in [3.8, 4) is 44.5 Å². The van der Waals surface area contributed by atoms with E-state index in [0.29, 0.717) is 0 Å². The largest absolute Gasteiger partial charge is 0.455 e. The van der Waals surface area contributed by atoms with Gasteiger partial charge >= 0.3 is 0 Å². The van der Waals surface area contributed by atoms with Crippen LogP contribution in [0.25, 0.3) is 110 Å². The highest BCUT2D eigenvalue weighted by atomic mass is 32.1. The van der Waals surface area contributed by atoms with Gasteiger partial charge in [-0.05, 0) is 112 Å². The molecule has 1 nitrogen and oxygen atoms in total. The van der Waals surface area contributed by atoms with Crippen LogP contribution in [0, 0.1) is 6.92 Å². The molecule has 0 amide bonds. The van der Waals surface area contributed by atoms with E-state index in [0.717, 1.165) is 33.1 Å². The summed E-state index contributed by atoms with van der Waals surface area (Å²) in [5, 5.41) is 16.8. The molecule has 0 unspecified atom stereocenters. The fraction of sp³-hybridized carbons (Fsp3) is 0.0196. The van der Waals surface area contributed by atoms with E-state index in [1.165, 1.54) is 82.0 Å². The first-order valence-electron chi connectivity index (χ1n) is 18.2. The molecule has 2 heterocycles. The van der Waals surface area contributed by atoms with Crippen LogP contribution in [0.15, 0.2) is 179 Å². The lowest BCUT2D eigenvalue weighted by Gasteiger charge is -2.17. The third-order valence-corrected chi connectivity index (χ3v) is 12.0. The van der Waals surface area contributed by atoms with Crippen molar-refractivity contribution in [2.75, 3.05) is 0 Å². The summed E-state index contributed by atoms with van der Waals surface area (Å²) in [6.07, 6.45) is 0. The quantitative estimate of drug-likeness (QED) is 0.167. The van der Waals surface area contributed by atoms with Gasteiger partial charge in [-0.25, -0.2) is 0 Å². The number of hydrogen-bond acceptors (Lipinski definition) is 2. The Hall–Kier alpha value is -6.48. The van der Waals surface area contributed by atoms with Crippen LogP contribution in [0.1, 0.15) is 5.56 Å². The van der Waals surface area contributed by atoms with Crippen LogP contribution in [0.3, 0.4) is 0 Å². The highest BCUT2D eigenvalue weighted by molar-refractivity contribution is 7.08. The second-order valence-corrected chi connectivity index (χ2v) is 14.8. The molecule has 0 aliphatic heterocycles. The minimum absolute atomic E-state index is 0.893. The summed E-state index contributed by atoms with van der Waals surface area (Å²) in [7, 11) is 0. The third kappa shape index (κ3) is 4.49. The number of rotatable bonds is 4. The number of benzene rings is 9. The summed E-state index contributed by atoms with van der Waals surface area (Å²) in [5.74, 6) is 0. The molecule has 0 bridgehead atoms. The lowest BCUT2D eigenvalue weighted by Crippen LogP contribution is -1.91. The first kappa shape index (κ1) is 30.2. The highest BCUT2D eigenvalue weighted by Gasteiger charge is 2.22. The van der Waals surface area contributed by atoms with Gasteiger partial charge < -0.3 is 4.42 Å².